The highest BCUT2D eigenvalue weighted by Gasteiger charge is 2.11. The maximum absolute atomic E-state index is 11.7. The van der Waals surface area contributed by atoms with E-state index in [2.05, 4.69) is 20.7 Å². The van der Waals surface area contributed by atoms with Crippen LogP contribution >= 0.6 is 0 Å². The van der Waals surface area contributed by atoms with Crippen molar-refractivity contribution in [3.05, 3.63) is 30.3 Å². The van der Waals surface area contributed by atoms with Crippen LogP contribution in [0.25, 0.3) is 11.4 Å². The van der Waals surface area contributed by atoms with Crippen molar-refractivity contribution in [3.63, 3.8) is 0 Å². The van der Waals surface area contributed by atoms with Gasteiger partial charge in [0.05, 0.1) is 6.61 Å². The Hall–Kier alpha value is -2.28. The first kappa shape index (κ1) is 14.1. The Morgan fingerprint density at radius 3 is 2.85 bits per heavy atom. The van der Waals surface area contributed by atoms with Crippen molar-refractivity contribution in [3.8, 4) is 11.4 Å². The number of aromatic nitrogens is 4. The molecule has 0 aliphatic heterocycles. The van der Waals surface area contributed by atoms with E-state index in [9.17, 15) is 4.79 Å². The molecule has 1 amide bonds. The third-order valence-corrected chi connectivity index (χ3v) is 2.59. The minimum atomic E-state index is -0.174. The lowest BCUT2D eigenvalue weighted by molar-refractivity contribution is -0.123. The highest BCUT2D eigenvalue weighted by Crippen LogP contribution is 2.11. The van der Waals surface area contributed by atoms with E-state index in [1.807, 2.05) is 37.3 Å². The van der Waals surface area contributed by atoms with Gasteiger partial charge in [-0.3, -0.25) is 4.79 Å². The van der Waals surface area contributed by atoms with Crippen LogP contribution in [-0.2, 0) is 16.1 Å². The normalized spacial score (nSPS) is 12.1. The Kier molecular flexibility index (Phi) is 4.78. The summed E-state index contributed by atoms with van der Waals surface area (Å²) in [6.07, 6.45) is 0. The third kappa shape index (κ3) is 3.86. The summed E-state index contributed by atoms with van der Waals surface area (Å²) >= 11 is 0. The van der Waals surface area contributed by atoms with Crippen molar-refractivity contribution < 1.29 is 9.53 Å². The van der Waals surface area contributed by atoms with Crippen LogP contribution in [0.1, 0.15) is 6.92 Å². The van der Waals surface area contributed by atoms with Gasteiger partial charge in [0.2, 0.25) is 11.7 Å². The molecule has 1 N–H and O–H groups in total. The van der Waals surface area contributed by atoms with Crippen molar-refractivity contribution in [2.24, 2.45) is 0 Å². The number of carbonyl (C=O) groups excluding carboxylic acids is 1. The number of tetrazole rings is 1. The summed E-state index contributed by atoms with van der Waals surface area (Å²) < 4.78 is 4.95. The Bertz CT molecular complexity index is 555. The molecule has 7 nitrogen and oxygen atoms in total. The number of carbonyl (C=O) groups is 1. The molecule has 0 spiro atoms. The number of amides is 1. The topological polar surface area (TPSA) is 81.9 Å². The molecule has 1 heterocycles. The van der Waals surface area contributed by atoms with Crippen molar-refractivity contribution >= 4 is 5.91 Å². The second-order valence-electron chi connectivity index (χ2n) is 4.43. The first-order chi connectivity index (χ1) is 9.69. The largest absolute Gasteiger partial charge is 0.383 e. The van der Waals surface area contributed by atoms with Crippen LogP contribution in [0, 0.1) is 0 Å². The van der Waals surface area contributed by atoms with Gasteiger partial charge in [-0.2, -0.15) is 4.80 Å². The van der Waals surface area contributed by atoms with Crippen molar-refractivity contribution in [2.75, 3.05) is 13.7 Å². The van der Waals surface area contributed by atoms with E-state index in [0.29, 0.717) is 12.4 Å². The number of nitrogens with one attached hydrogen (secondary N) is 1. The maximum atomic E-state index is 11.7. The predicted molar refractivity (Wildman–Crippen MR) is 72.7 cm³/mol. The molecule has 0 saturated heterocycles. The number of hydrogen-bond donors (Lipinski definition) is 1. The number of hydrogen-bond acceptors (Lipinski definition) is 5. The van der Waals surface area contributed by atoms with Gasteiger partial charge >= 0.3 is 0 Å². The van der Waals surface area contributed by atoms with Crippen LogP contribution in [0.4, 0.5) is 0 Å². The van der Waals surface area contributed by atoms with E-state index >= 15 is 0 Å². The Morgan fingerprint density at radius 1 is 1.40 bits per heavy atom. The number of benzene rings is 1. The van der Waals surface area contributed by atoms with Crippen LogP contribution in [0.3, 0.4) is 0 Å². The number of nitrogens with zero attached hydrogens (tertiary/aromatic N) is 4. The molecule has 2 rings (SSSR count). The van der Waals surface area contributed by atoms with Crippen molar-refractivity contribution in [2.45, 2.75) is 19.5 Å². The van der Waals surface area contributed by atoms with Gasteiger partial charge < -0.3 is 10.1 Å². The van der Waals surface area contributed by atoms with Gasteiger partial charge in [0.25, 0.3) is 0 Å². The Labute approximate surface area is 116 Å². The highest BCUT2D eigenvalue weighted by molar-refractivity contribution is 5.75. The maximum Gasteiger partial charge on any atom is 0.243 e. The lowest BCUT2D eigenvalue weighted by Gasteiger charge is -2.11. The fraction of sp³-hybridized carbons (Fsp3) is 0.385. The second kappa shape index (κ2) is 6.76. The van der Waals surface area contributed by atoms with Crippen LogP contribution in [0.5, 0.6) is 0 Å². The van der Waals surface area contributed by atoms with Gasteiger partial charge in [-0.15, -0.1) is 10.2 Å². The molecular formula is C13H17N5O2. The molecule has 0 bridgehead atoms. The summed E-state index contributed by atoms with van der Waals surface area (Å²) in [5.74, 6) is 0.329. The van der Waals surface area contributed by atoms with E-state index in [1.165, 1.54) is 4.80 Å². The van der Waals surface area contributed by atoms with Crippen molar-refractivity contribution in [1.29, 1.82) is 0 Å². The zero-order valence-corrected chi connectivity index (χ0v) is 11.5. The Morgan fingerprint density at radius 2 is 2.15 bits per heavy atom. The molecule has 20 heavy (non-hydrogen) atoms. The van der Waals surface area contributed by atoms with Crippen LogP contribution < -0.4 is 5.32 Å². The minimum absolute atomic E-state index is 0.0356. The monoisotopic (exact) mass is 275 g/mol. The summed E-state index contributed by atoms with van der Waals surface area (Å²) in [5, 5.41) is 14.8. The van der Waals surface area contributed by atoms with Crippen molar-refractivity contribution in [1.82, 2.24) is 25.5 Å². The molecule has 7 heteroatoms. The summed E-state index contributed by atoms with van der Waals surface area (Å²) in [6.45, 7) is 2.37. The molecule has 106 valence electrons. The average molecular weight is 275 g/mol. The summed E-state index contributed by atoms with van der Waals surface area (Å²) in [6, 6.07) is 9.44. The summed E-state index contributed by atoms with van der Waals surface area (Å²) in [4.78, 5) is 13.0. The van der Waals surface area contributed by atoms with E-state index < -0.39 is 0 Å². The minimum Gasteiger partial charge on any atom is -0.383 e. The van der Waals surface area contributed by atoms with Gasteiger partial charge in [0.1, 0.15) is 6.54 Å². The first-order valence-corrected chi connectivity index (χ1v) is 6.30. The molecular weight excluding hydrogens is 258 g/mol. The molecule has 0 aliphatic rings. The van der Waals surface area contributed by atoms with Gasteiger partial charge in [-0.05, 0) is 12.1 Å². The van der Waals surface area contributed by atoms with Crippen LogP contribution in [0.2, 0.25) is 0 Å². The molecule has 1 aromatic heterocycles. The van der Waals surface area contributed by atoms with Crippen LogP contribution in [-0.4, -0.2) is 45.9 Å². The number of ether oxygens (including phenoxy) is 1. The first-order valence-electron chi connectivity index (χ1n) is 6.30. The molecule has 0 radical (unpaired) electrons. The lowest BCUT2D eigenvalue weighted by atomic mass is 10.2. The van der Waals surface area contributed by atoms with E-state index in [-0.39, 0.29) is 18.5 Å². The number of methoxy groups -OCH3 is 1. The molecule has 1 atom stereocenters. The molecule has 0 fully saturated rings. The highest BCUT2D eigenvalue weighted by atomic mass is 16.5. The lowest BCUT2D eigenvalue weighted by Crippen LogP contribution is -2.38. The van der Waals surface area contributed by atoms with E-state index in [4.69, 9.17) is 4.74 Å². The van der Waals surface area contributed by atoms with E-state index in [0.717, 1.165) is 5.56 Å². The third-order valence-electron chi connectivity index (χ3n) is 2.59. The van der Waals surface area contributed by atoms with Gasteiger partial charge in [-0.1, -0.05) is 30.3 Å². The van der Waals surface area contributed by atoms with Gasteiger partial charge in [0, 0.05) is 18.7 Å². The van der Waals surface area contributed by atoms with Gasteiger partial charge in [0.15, 0.2) is 0 Å². The quantitative estimate of drug-likeness (QED) is 0.829. The van der Waals surface area contributed by atoms with Gasteiger partial charge in [-0.25, -0.2) is 0 Å². The molecule has 2 aromatic rings. The Balaban J connectivity index is 1.95. The predicted octanol–water partition coefficient (Wildman–Crippen LogP) is 0.491. The summed E-state index contributed by atoms with van der Waals surface area (Å²) in [7, 11) is 1.59. The fourth-order valence-electron chi connectivity index (χ4n) is 1.75. The van der Waals surface area contributed by atoms with Crippen LogP contribution in [0.15, 0.2) is 30.3 Å². The smallest absolute Gasteiger partial charge is 0.243 e. The molecule has 0 saturated carbocycles. The average Bonchev–Trinajstić information content (AvgIpc) is 2.88. The van der Waals surface area contributed by atoms with E-state index in [1.54, 1.807) is 7.11 Å². The number of rotatable bonds is 6. The SMILES string of the molecule is COC[C@@H](C)NC(=O)Cn1nnc(-c2ccccc2)n1. The fourth-order valence-corrected chi connectivity index (χ4v) is 1.75. The molecule has 0 unspecified atom stereocenters. The molecule has 1 aromatic carbocycles. The zero-order chi connectivity index (χ0) is 14.4. The zero-order valence-electron chi connectivity index (χ0n) is 11.5. The standard InChI is InChI=1S/C13H17N5O2/c1-10(9-20-2)14-12(19)8-18-16-13(15-17-18)11-6-4-3-5-7-11/h3-7,10H,8-9H2,1-2H3,(H,14,19)/t10-/m1/s1. The summed E-state index contributed by atoms with van der Waals surface area (Å²) in [5.41, 5.74) is 0.868. The second-order valence-corrected chi connectivity index (χ2v) is 4.43. The molecule has 0 aliphatic carbocycles.